The van der Waals surface area contributed by atoms with Crippen molar-refractivity contribution in [1.29, 1.82) is 0 Å². The molecule has 0 aromatic carbocycles. The van der Waals surface area contributed by atoms with Gasteiger partial charge in [-0.3, -0.25) is 0 Å². The third-order valence-corrected chi connectivity index (χ3v) is 2.01. The van der Waals surface area contributed by atoms with Crippen LogP contribution in [0.25, 0.3) is 0 Å². The fraction of sp³-hybridized carbons (Fsp3) is 1.00. The van der Waals surface area contributed by atoms with Crippen molar-refractivity contribution in [3.8, 4) is 0 Å². The van der Waals surface area contributed by atoms with E-state index in [9.17, 15) is 13.2 Å². The van der Waals surface area contributed by atoms with Crippen molar-refractivity contribution in [1.82, 2.24) is 0 Å². The van der Waals surface area contributed by atoms with E-state index in [1.165, 1.54) is 6.92 Å². The van der Waals surface area contributed by atoms with Crippen molar-refractivity contribution < 1.29 is 22.8 Å². The van der Waals surface area contributed by atoms with E-state index in [4.69, 9.17) is 5.11 Å². The molecule has 0 heterocycles. The average Bonchev–Trinajstić information content (AvgIpc) is 1.80. The van der Waals surface area contributed by atoms with Gasteiger partial charge >= 0.3 is 6.18 Å². The van der Waals surface area contributed by atoms with Crippen molar-refractivity contribution in [2.45, 2.75) is 25.2 Å². The fourth-order valence-electron chi connectivity index (χ4n) is 0.697. The van der Waals surface area contributed by atoms with E-state index >= 15 is 0 Å². The fourth-order valence-corrected chi connectivity index (χ4v) is 0.697. The number of halogens is 3. The van der Waals surface area contributed by atoms with E-state index in [-0.39, 0.29) is 4.48 Å². The molecular weight excluding hydrogens is 171 g/mol. The number of aliphatic hydroxyl groups is 1. The summed E-state index contributed by atoms with van der Waals surface area (Å²) < 4.78 is 36.0. The lowest BCUT2D eigenvalue weighted by atomic mass is 10.1. The van der Waals surface area contributed by atoms with Crippen LogP contribution in [0.15, 0.2) is 0 Å². The molecule has 0 saturated heterocycles. The van der Waals surface area contributed by atoms with E-state index in [1.54, 1.807) is 21.1 Å². The van der Waals surface area contributed by atoms with Crippen molar-refractivity contribution >= 4 is 0 Å². The molecule has 12 heavy (non-hydrogen) atoms. The normalized spacial score (nSPS) is 19.0. The summed E-state index contributed by atoms with van der Waals surface area (Å²) >= 11 is 0. The van der Waals surface area contributed by atoms with Crippen LogP contribution in [0.5, 0.6) is 0 Å². The van der Waals surface area contributed by atoms with Crippen LogP contribution in [0.1, 0.15) is 6.92 Å². The number of likely N-dealkylation sites (N-methyl/N-ethyl adjacent to an activating group) is 1. The molecule has 0 aromatic heterocycles. The molecule has 0 aliphatic rings. The van der Waals surface area contributed by atoms with Gasteiger partial charge in [-0.2, -0.15) is 13.2 Å². The first-order chi connectivity index (χ1) is 5.07. The molecule has 0 fully saturated rings. The quantitative estimate of drug-likeness (QED) is 0.638. The van der Waals surface area contributed by atoms with Gasteiger partial charge in [0.25, 0.3) is 0 Å². The number of nitrogens with zero attached hydrogens (tertiary/aromatic N) is 1. The maximum absolute atomic E-state index is 12.0. The molecule has 0 spiro atoms. The summed E-state index contributed by atoms with van der Waals surface area (Å²) in [5.74, 6) is 0. The number of aliphatic hydroxyl groups excluding tert-OH is 1. The lowest BCUT2D eigenvalue weighted by Gasteiger charge is -2.35. The molecule has 2 nitrogen and oxygen atoms in total. The van der Waals surface area contributed by atoms with Gasteiger partial charge in [0.1, 0.15) is 6.04 Å². The summed E-state index contributed by atoms with van der Waals surface area (Å²) in [6.45, 7) is 1.37. The maximum atomic E-state index is 12.0. The van der Waals surface area contributed by atoms with Crippen molar-refractivity contribution in [3.63, 3.8) is 0 Å². The lowest BCUT2D eigenvalue weighted by Crippen LogP contribution is -2.54. The Balaban J connectivity index is 4.41. The molecule has 0 aliphatic carbocycles. The molecule has 0 unspecified atom stereocenters. The smallest absolute Gasteiger partial charge is 0.379 e. The van der Waals surface area contributed by atoms with Crippen LogP contribution >= 0.6 is 0 Å². The minimum Gasteiger partial charge on any atom is -0.379 e. The van der Waals surface area contributed by atoms with Gasteiger partial charge in [-0.15, -0.1) is 0 Å². The second-order valence-corrected chi connectivity index (χ2v) is 3.84. The molecule has 5 heteroatoms. The van der Waals surface area contributed by atoms with Gasteiger partial charge in [-0.05, 0) is 6.92 Å². The average molecular weight is 186 g/mol. The first kappa shape index (κ1) is 11.7. The number of quaternary nitrogens is 1. The Morgan fingerprint density at radius 1 is 1.17 bits per heavy atom. The number of hydrogen-bond acceptors (Lipinski definition) is 1. The molecule has 0 bridgehead atoms. The third-order valence-electron chi connectivity index (χ3n) is 2.01. The van der Waals surface area contributed by atoms with Crippen LogP contribution < -0.4 is 0 Å². The predicted molar refractivity (Wildman–Crippen MR) is 39.6 cm³/mol. The summed E-state index contributed by atoms with van der Waals surface area (Å²) in [5, 5.41) is 8.85. The summed E-state index contributed by atoms with van der Waals surface area (Å²) in [4.78, 5) is 0. The molecule has 0 amide bonds. The summed E-state index contributed by atoms with van der Waals surface area (Å²) in [6, 6.07) is -0.856. The van der Waals surface area contributed by atoms with Crippen molar-refractivity contribution in [2.24, 2.45) is 0 Å². The van der Waals surface area contributed by atoms with Crippen LogP contribution in [-0.4, -0.2) is 49.1 Å². The molecule has 74 valence electrons. The molecule has 0 saturated carbocycles. The van der Waals surface area contributed by atoms with Crippen LogP contribution in [0.4, 0.5) is 13.2 Å². The Morgan fingerprint density at radius 2 is 1.50 bits per heavy atom. The second-order valence-electron chi connectivity index (χ2n) is 3.84. The summed E-state index contributed by atoms with van der Waals surface area (Å²) in [5.41, 5.74) is 0. The SMILES string of the molecule is C[C@@H]([C@H](O)C(F)(F)F)[N+](C)(C)C. The molecule has 0 radical (unpaired) electrons. The molecule has 0 aromatic rings. The minimum absolute atomic E-state index is 0.0840. The Kier molecular flexibility index (Phi) is 3.14. The monoisotopic (exact) mass is 186 g/mol. The Morgan fingerprint density at radius 3 is 1.58 bits per heavy atom. The number of hydrogen-bond donors (Lipinski definition) is 1. The summed E-state index contributed by atoms with van der Waals surface area (Å²) in [7, 11) is 4.83. The van der Waals surface area contributed by atoms with Crippen LogP contribution in [0.2, 0.25) is 0 Å². The zero-order chi connectivity index (χ0) is 10.2. The zero-order valence-corrected chi connectivity index (χ0v) is 7.68. The first-order valence-corrected chi connectivity index (χ1v) is 3.62. The van der Waals surface area contributed by atoms with E-state index in [2.05, 4.69) is 0 Å². The topological polar surface area (TPSA) is 20.2 Å². The van der Waals surface area contributed by atoms with Crippen molar-refractivity contribution in [3.05, 3.63) is 0 Å². The summed E-state index contributed by atoms with van der Waals surface area (Å²) in [6.07, 6.45) is -6.78. The second kappa shape index (κ2) is 3.22. The highest BCUT2D eigenvalue weighted by Gasteiger charge is 2.46. The van der Waals surface area contributed by atoms with Crippen LogP contribution in [-0.2, 0) is 0 Å². The van der Waals surface area contributed by atoms with Gasteiger partial charge in [0, 0.05) is 0 Å². The van der Waals surface area contributed by atoms with E-state index in [0.717, 1.165) is 0 Å². The van der Waals surface area contributed by atoms with Gasteiger partial charge in [-0.1, -0.05) is 0 Å². The predicted octanol–water partition coefficient (Wildman–Crippen LogP) is 1.00. The number of rotatable bonds is 2. The molecule has 0 rings (SSSR count). The lowest BCUT2D eigenvalue weighted by molar-refractivity contribution is -0.899. The minimum atomic E-state index is -4.52. The Labute approximate surface area is 70.2 Å². The standard InChI is InChI=1S/C7H15F3NO/c1-5(11(2,3)4)6(12)7(8,9)10/h5-6,12H,1-4H3/q+1/t5-,6-/m0/s1. The van der Waals surface area contributed by atoms with E-state index < -0.39 is 18.3 Å². The van der Waals surface area contributed by atoms with E-state index in [1.807, 2.05) is 0 Å². The van der Waals surface area contributed by atoms with Gasteiger partial charge in [-0.25, -0.2) is 0 Å². The van der Waals surface area contributed by atoms with Crippen LogP contribution in [0.3, 0.4) is 0 Å². The van der Waals surface area contributed by atoms with Gasteiger partial charge in [0.05, 0.1) is 21.1 Å². The number of alkyl halides is 3. The van der Waals surface area contributed by atoms with E-state index in [0.29, 0.717) is 0 Å². The highest BCUT2D eigenvalue weighted by molar-refractivity contribution is 4.71. The molecule has 2 atom stereocenters. The maximum Gasteiger partial charge on any atom is 0.420 e. The Bertz CT molecular complexity index is 132. The van der Waals surface area contributed by atoms with Crippen LogP contribution in [0, 0.1) is 0 Å². The molecular formula is C7H15F3NO+. The Hall–Kier alpha value is -0.290. The highest BCUT2D eigenvalue weighted by atomic mass is 19.4. The molecule has 1 N–H and O–H groups in total. The highest BCUT2D eigenvalue weighted by Crippen LogP contribution is 2.25. The third kappa shape index (κ3) is 2.98. The van der Waals surface area contributed by atoms with Gasteiger partial charge in [0.2, 0.25) is 6.10 Å². The van der Waals surface area contributed by atoms with Gasteiger partial charge < -0.3 is 9.59 Å². The van der Waals surface area contributed by atoms with Gasteiger partial charge in [0.15, 0.2) is 0 Å². The first-order valence-electron chi connectivity index (χ1n) is 3.62. The zero-order valence-electron chi connectivity index (χ0n) is 7.68. The molecule has 0 aliphatic heterocycles. The largest absolute Gasteiger partial charge is 0.420 e. The van der Waals surface area contributed by atoms with Crippen molar-refractivity contribution in [2.75, 3.05) is 21.1 Å².